The average molecular weight is 226 g/mol. The molecule has 0 aromatic rings. The molecule has 0 spiro atoms. The molecule has 3 nitrogen and oxygen atoms in total. The van der Waals surface area contributed by atoms with E-state index in [1.807, 2.05) is 7.05 Å². The fourth-order valence-electron chi connectivity index (χ4n) is 2.94. The summed E-state index contributed by atoms with van der Waals surface area (Å²) in [5, 5.41) is 6.79. The predicted octanol–water partition coefficient (Wildman–Crippen LogP) is 2.08. The molecule has 1 heterocycles. The van der Waals surface area contributed by atoms with Crippen molar-refractivity contribution in [3.8, 4) is 0 Å². The van der Waals surface area contributed by atoms with Gasteiger partial charge in [-0.1, -0.05) is 33.1 Å². The Kier molecular flexibility index (Phi) is 4.22. The number of likely N-dealkylation sites (N-methyl/N-ethyl adjacent to an activating group) is 1. The highest BCUT2D eigenvalue weighted by Gasteiger charge is 2.39. The number of hydrogen-bond donors (Lipinski definition) is 2. The van der Waals surface area contributed by atoms with Crippen molar-refractivity contribution in [2.24, 2.45) is 11.8 Å². The van der Waals surface area contributed by atoms with Gasteiger partial charge in [0.25, 0.3) is 0 Å². The molecule has 16 heavy (non-hydrogen) atoms. The summed E-state index contributed by atoms with van der Waals surface area (Å²) in [6.45, 7) is 4.71. The SMILES string of the molecule is CCC1CCC(C)CC(NC2OC2NC)C1. The molecule has 3 heteroatoms. The van der Waals surface area contributed by atoms with Crippen LogP contribution < -0.4 is 10.6 Å². The Balaban J connectivity index is 1.81. The van der Waals surface area contributed by atoms with Crippen LogP contribution in [0.5, 0.6) is 0 Å². The number of hydrogen-bond acceptors (Lipinski definition) is 3. The lowest BCUT2D eigenvalue weighted by atomic mass is 9.95. The quantitative estimate of drug-likeness (QED) is 0.569. The van der Waals surface area contributed by atoms with Gasteiger partial charge in [0, 0.05) is 6.04 Å². The van der Waals surface area contributed by atoms with Crippen LogP contribution in [0, 0.1) is 11.8 Å². The fourth-order valence-corrected chi connectivity index (χ4v) is 2.94. The van der Waals surface area contributed by atoms with E-state index >= 15 is 0 Å². The molecule has 1 saturated heterocycles. The van der Waals surface area contributed by atoms with E-state index in [1.54, 1.807) is 0 Å². The van der Waals surface area contributed by atoms with Gasteiger partial charge in [0.2, 0.25) is 0 Å². The molecular weight excluding hydrogens is 200 g/mol. The molecule has 5 atom stereocenters. The summed E-state index contributed by atoms with van der Waals surface area (Å²) in [5.41, 5.74) is 0. The van der Waals surface area contributed by atoms with Crippen LogP contribution in [0.2, 0.25) is 0 Å². The molecule has 0 amide bonds. The summed E-state index contributed by atoms with van der Waals surface area (Å²) >= 11 is 0. The average Bonchev–Trinajstić information content (AvgIpc) is 3.03. The maximum absolute atomic E-state index is 5.49. The summed E-state index contributed by atoms with van der Waals surface area (Å²) in [6.07, 6.45) is 7.29. The second-order valence-corrected chi connectivity index (χ2v) is 5.56. The molecule has 0 aromatic heterocycles. The number of epoxide rings is 1. The number of ether oxygens (including phenoxy) is 1. The van der Waals surface area contributed by atoms with Gasteiger partial charge in [0.15, 0.2) is 6.23 Å². The van der Waals surface area contributed by atoms with Crippen LogP contribution in [0.4, 0.5) is 0 Å². The highest BCUT2D eigenvalue weighted by atomic mass is 16.6. The van der Waals surface area contributed by atoms with Crippen molar-refractivity contribution in [2.45, 2.75) is 64.4 Å². The Morgan fingerprint density at radius 1 is 1.19 bits per heavy atom. The zero-order valence-electron chi connectivity index (χ0n) is 10.8. The lowest BCUT2D eigenvalue weighted by molar-refractivity contribution is 0.290. The molecule has 2 fully saturated rings. The molecule has 94 valence electrons. The lowest BCUT2D eigenvalue weighted by Crippen LogP contribution is -2.36. The van der Waals surface area contributed by atoms with Crippen LogP contribution in [0.15, 0.2) is 0 Å². The van der Waals surface area contributed by atoms with Crippen molar-refractivity contribution in [3.05, 3.63) is 0 Å². The summed E-state index contributed by atoms with van der Waals surface area (Å²) in [5.74, 6) is 1.77. The molecule has 0 aromatic carbocycles. The lowest BCUT2D eigenvalue weighted by Gasteiger charge is -2.20. The van der Waals surface area contributed by atoms with Crippen molar-refractivity contribution >= 4 is 0 Å². The van der Waals surface area contributed by atoms with Crippen LogP contribution in [0.1, 0.15) is 46.0 Å². The zero-order valence-corrected chi connectivity index (χ0v) is 10.8. The summed E-state index contributed by atoms with van der Waals surface area (Å²) < 4.78 is 5.49. The third-order valence-electron chi connectivity index (χ3n) is 4.13. The normalized spacial score (nSPS) is 44.1. The van der Waals surface area contributed by atoms with Gasteiger partial charge in [-0.2, -0.15) is 0 Å². The molecule has 0 radical (unpaired) electrons. The summed E-state index contributed by atoms with van der Waals surface area (Å²) in [6, 6.07) is 0.658. The largest absolute Gasteiger partial charge is 0.337 e. The maximum Gasteiger partial charge on any atom is 0.150 e. The molecule has 1 aliphatic heterocycles. The minimum absolute atomic E-state index is 0.249. The predicted molar refractivity (Wildman–Crippen MR) is 66.1 cm³/mol. The highest BCUT2D eigenvalue weighted by molar-refractivity contribution is 4.86. The van der Waals surface area contributed by atoms with E-state index in [0.717, 1.165) is 11.8 Å². The van der Waals surface area contributed by atoms with Crippen molar-refractivity contribution in [1.29, 1.82) is 0 Å². The fraction of sp³-hybridized carbons (Fsp3) is 1.00. The standard InChI is InChI=1S/C13H26N2O/c1-4-10-6-5-9(2)7-11(8-10)15-13-12(14-3)16-13/h9-15H,4-8H2,1-3H3. The summed E-state index contributed by atoms with van der Waals surface area (Å²) in [7, 11) is 1.96. The van der Waals surface area contributed by atoms with Crippen molar-refractivity contribution < 1.29 is 4.74 Å². The van der Waals surface area contributed by atoms with Gasteiger partial charge in [-0.05, 0) is 31.7 Å². The molecule has 2 aliphatic rings. The summed E-state index contributed by atoms with van der Waals surface area (Å²) in [4.78, 5) is 0. The van der Waals surface area contributed by atoms with E-state index in [1.165, 1.54) is 32.1 Å². The van der Waals surface area contributed by atoms with Crippen LogP contribution in [0.25, 0.3) is 0 Å². The van der Waals surface area contributed by atoms with E-state index in [4.69, 9.17) is 4.74 Å². The topological polar surface area (TPSA) is 36.6 Å². The van der Waals surface area contributed by atoms with Crippen molar-refractivity contribution in [1.82, 2.24) is 10.6 Å². The molecule has 0 bridgehead atoms. The van der Waals surface area contributed by atoms with Crippen LogP contribution in [-0.2, 0) is 4.74 Å². The van der Waals surface area contributed by atoms with Gasteiger partial charge in [0.1, 0.15) is 6.23 Å². The Hall–Kier alpha value is -0.120. The number of rotatable bonds is 4. The first kappa shape index (κ1) is 12.3. The monoisotopic (exact) mass is 226 g/mol. The third-order valence-corrected chi connectivity index (χ3v) is 4.13. The first-order valence-corrected chi connectivity index (χ1v) is 6.81. The Labute approximate surface area is 99.3 Å². The molecule has 1 saturated carbocycles. The Bertz CT molecular complexity index is 222. The minimum Gasteiger partial charge on any atom is -0.337 e. The van der Waals surface area contributed by atoms with Gasteiger partial charge < -0.3 is 4.74 Å². The van der Waals surface area contributed by atoms with Crippen LogP contribution >= 0.6 is 0 Å². The van der Waals surface area contributed by atoms with E-state index in [-0.39, 0.29) is 12.5 Å². The molecule has 2 rings (SSSR count). The third kappa shape index (κ3) is 3.19. The zero-order chi connectivity index (χ0) is 11.5. The van der Waals surface area contributed by atoms with Gasteiger partial charge in [-0.15, -0.1) is 0 Å². The van der Waals surface area contributed by atoms with Crippen LogP contribution in [-0.4, -0.2) is 25.5 Å². The molecule has 2 N–H and O–H groups in total. The van der Waals surface area contributed by atoms with E-state index in [2.05, 4.69) is 24.5 Å². The molecule has 1 aliphatic carbocycles. The van der Waals surface area contributed by atoms with Crippen LogP contribution in [0.3, 0.4) is 0 Å². The van der Waals surface area contributed by atoms with E-state index in [9.17, 15) is 0 Å². The van der Waals surface area contributed by atoms with E-state index in [0.29, 0.717) is 6.04 Å². The second-order valence-electron chi connectivity index (χ2n) is 5.56. The van der Waals surface area contributed by atoms with Gasteiger partial charge in [0.05, 0.1) is 0 Å². The Morgan fingerprint density at radius 3 is 2.62 bits per heavy atom. The van der Waals surface area contributed by atoms with Gasteiger partial charge in [-0.3, -0.25) is 10.6 Å². The smallest absolute Gasteiger partial charge is 0.150 e. The Morgan fingerprint density at radius 2 is 2.00 bits per heavy atom. The molecule has 5 unspecified atom stereocenters. The second kappa shape index (κ2) is 5.48. The van der Waals surface area contributed by atoms with Gasteiger partial charge in [-0.25, -0.2) is 0 Å². The van der Waals surface area contributed by atoms with Crippen molar-refractivity contribution in [3.63, 3.8) is 0 Å². The highest BCUT2D eigenvalue weighted by Crippen LogP contribution is 2.30. The first-order chi connectivity index (χ1) is 7.72. The van der Waals surface area contributed by atoms with Crippen molar-refractivity contribution in [2.75, 3.05) is 7.05 Å². The maximum atomic E-state index is 5.49. The van der Waals surface area contributed by atoms with Gasteiger partial charge >= 0.3 is 0 Å². The molecular formula is C13H26N2O. The minimum atomic E-state index is 0.249. The van der Waals surface area contributed by atoms with E-state index < -0.39 is 0 Å². The first-order valence-electron chi connectivity index (χ1n) is 6.81. The number of nitrogens with one attached hydrogen (secondary N) is 2.